The van der Waals surface area contributed by atoms with Crippen molar-refractivity contribution in [3.05, 3.63) is 83.2 Å². The van der Waals surface area contributed by atoms with Gasteiger partial charge in [-0.2, -0.15) is 5.10 Å². The highest BCUT2D eigenvalue weighted by molar-refractivity contribution is 5.94. The van der Waals surface area contributed by atoms with Gasteiger partial charge >= 0.3 is 0 Å². The van der Waals surface area contributed by atoms with E-state index in [4.69, 9.17) is 4.74 Å². The molecule has 0 bridgehead atoms. The molecule has 29 heavy (non-hydrogen) atoms. The average molecular weight is 390 g/mol. The molecule has 6 heteroatoms. The van der Waals surface area contributed by atoms with E-state index in [0.29, 0.717) is 31.9 Å². The van der Waals surface area contributed by atoms with Crippen LogP contribution in [0.15, 0.2) is 60.7 Å². The predicted molar refractivity (Wildman–Crippen MR) is 112 cm³/mol. The van der Waals surface area contributed by atoms with E-state index >= 15 is 0 Å². The van der Waals surface area contributed by atoms with Crippen LogP contribution < -0.4 is 15.4 Å². The number of carbonyl (C=O) groups is 1. The third kappa shape index (κ3) is 4.84. The number of rotatable bonds is 8. The third-order valence-electron chi connectivity index (χ3n) is 5.08. The van der Waals surface area contributed by atoms with Gasteiger partial charge in [-0.15, -0.1) is 0 Å². The highest BCUT2D eigenvalue weighted by atomic mass is 16.5. The molecule has 6 nitrogen and oxygen atoms in total. The molecular formula is C23H26N4O2. The van der Waals surface area contributed by atoms with Crippen LogP contribution in [0.4, 0.5) is 0 Å². The molecule has 0 atom stereocenters. The summed E-state index contributed by atoms with van der Waals surface area (Å²) in [4.78, 5) is 12.8. The number of ether oxygens (including phenoxy) is 1. The molecular weight excluding hydrogens is 364 g/mol. The van der Waals surface area contributed by atoms with E-state index in [0.717, 1.165) is 36.4 Å². The van der Waals surface area contributed by atoms with Crippen molar-refractivity contribution in [2.24, 2.45) is 0 Å². The number of nitrogens with one attached hydrogen (secondary N) is 2. The maximum Gasteiger partial charge on any atom is 0.272 e. The first kappa shape index (κ1) is 19.2. The van der Waals surface area contributed by atoms with Crippen LogP contribution in [-0.4, -0.2) is 35.4 Å². The zero-order valence-corrected chi connectivity index (χ0v) is 16.4. The summed E-state index contributed by atoms with van der Waals surface area (Å²) in [6.07, 6.45) is 1.67. The summed E-state index contributed by atoms with van der Waals surface area (Å²) >= 11 is 0. The molecule has 1 aliphatic heterocycles. The Labute approximate surface area is 170 Å². The highest BCUT2D eigenvalue weighted by Crippen LogP contribution is 2.19. The van der Waals surface area contributed by atoms with Gasteiger partial charge in [-0.1, -0.05) is 48.5 Å². The molecule has 1 aliphatic rings. The molecule has 150 valence electrons. The smallest absolute Gasteiger partial charge is 0.272 e. The Balaban J connectivity index is 1.39. The van der Waals surface area contributed by atoms with Gasteiger partial charge in [0.1, 0.15) is 12.4 Å². The Morgan fingerprint density at radius 1 is 1.10 bits per heavy atom. The van der Waals surface area contributed by atoms with Crippen LogP contribution in [0.3, 0.4) is 0 Å². The molecule has 2 N–H and O–H groups in total. The number of aromatic nitrogens is 2. The SMILES string of the molecule is O=C(NCCc1ccccc1)c1nn(CCOc2ccccc2)c2c1CNCC2. The van der Waals surface area contributed by atoms with E-state index in [1.54, 1.807) is 0 Å². The van der Waals surface area contributed by atoms with Crippen LogP contribution in [-0.2, 0) is 25.9 Å². The van der Waals surface area contributed by atoms with E-state index in [1.165, 1.54) is 5.56 Å². The molecule has 0 saturated carbocycles. The molecule has 0 aliphatic carbocycles. The minimum atomic E-state index is -0.108. The van der Waals surface area contributed by atoms with Gasteiger partial charge < -0.3 is 15.4 Å². The molecule has 0 spiro atoms. The van der Waals surface area contributed by atoms with Crippen molar-refractivity contribution >= 4 is 5.91 Å². The molecule has 0 saturated heterocycles. The fourth-order valence-corrected chi connectivity index (χ4v) is 3.60. The van der Waals surface area contributed by atoms with E-state index in [9.17, 15) is 4.79 Å². The van der Waals surface area contributed by atoms with Crippen LogP contribution in [0.5, 0.6) is 5.75 Å². The van der Waals surface area contributed by atoms with Crippen molar-refractivity contribution in [2.75, 3.05) is 19.7 Å². The lowest BCUT2D eigenvalue weighted by Crippen LogP contribution is -2.29. The van der Waals surface area contributed by atoms with E-state index in [-0.39, 0.29) is 5.91 Å². The first-order valence-electron chi connectivity index (χ1n) is 10.1. The molecule has 2 aromatic carbocycles. The fourth-order valence-electron chi connectivity index (χ4n) is 3.60. The third-order valence-corrected chi connectivity index (χ3v) is 5.08. The Hall–Kier alpha value is -3.12. The number of hydrogen-bond acceptors (Lipinski definition) is 4. The van der Waals surface area contributed by atoms with Gasteiger partial charge in [0.2, 0.25) is 0 Å². The zero-order chi connectivity index (χ0) is 19.9. The first-order chi connectivity index (χ1) is 14.3. The van der Waals surface area contributed by atoms with Crippen molar-refractivity contribution in [1.29, 1.82) is 0 Å². The van der Waals surface area contributed by atoms with Crippen LogP contribution in [0, 0.1) is 0 Å². The molecule has 0 radical (unpaired) electrons. The van der Waals surface area contributed by atoms with E-state index in [2.05, 4.69) is 27.9 Å². The van der Waals surface area contributed by atoms with E-state index < -0.39 is 0 Å². The Bertz CT molecular complexity index is 938. The molecule has 1 amide bonds. The lowest BCUT2D eigenvalue weighted by molar-refractivity contribution is 0.0947. The minimum Gasteiger partial charge on any atom is -0.492 e. The van der Waals surface area contributed by atoms with Crippen molar-refractivity contribution in [1.82, 2.24) is 20.4 Å². The molecule has 3 aromatic rings. The van der Waals surface area contributed by atoms with Gasteiger partial charge in [-0.05, 0) is 24.1 Å². The monoisotopic (exact) mass is 390 g/mol. The number of amides is 1. The highest BCUT2D eigenvalue weighted by Gasteiger charge is 2.24. The van der Waals surface area contributed by atoms with E-state index in [1.807, 2.05) is 53.2 Å². The summed E-state index contributed by atoms with van der Waals surface area (Å²) in [6, 6.07) is 19.9. The second-order valence-electron chi connectivity index (χ2n) is 7.08. The van der Waals surface area contributed by atoms with Crippen LogP contribution in [0.1, 0.15) is 27.3 Å². The summed E-state index contributed by atoms with van der Waals surface area (Å²) < 4.78 is 7.74. The number of para-hydroxylation sites is 1. The van der Waals surface area contributed by atoms with Gasteiger partial charge in [-0.3, -0.25) is 9.48 Å². The van der Waals surface area contributed by atoms with Crippen molar-refractivity contribution in [3.8, 4) is 5.75 Å². The zero-order valence-electron chi connectivity index (χ0n) is 16.4. The topological polar surface area (TPSA) is 68.2 Å². The van der Waals surface area contributed by atoms with Gasteiger partial charge in [0.15, 0.2) is 5.69 Å². The summed E-state index contributed by atoms with van der Waals surface area (Å²) in [5.41, 5.74) is 3.88. The normalized spacial score (nSPS) is 13.0. The van der Waals surface area contributed by atoms with Gasteiger partial charge in [0.05, 0.1) is 6.54 Å². The molecule has 0 fully saturated rings. The maximum atomic E-state index is 12.8. The van der Waals surface area contributed by atoms with Gasteiger partial charge in [0.25, 0.3) is 5.91 Å². The number of carbonyl (C=O) groups excluding carboxylic acids is 1. The summed E-state index contributed by atoms with van der Waals surface area (Å²) in [7, 11) is 0. The fraction of sp³-hybridized carbons (Fsp3) is 0.304. The number of fused-ring (bicyclic) bond motifs is 1. The summed E-state index contributed by atoms with van der Waals surface area (Å²) in [6.45, 7) is 3.30. The lowest BCUT2D eigenvalue weighted by atomic mass is 10.1. The number of hydrogen-bond donors (Lipinski definition) is 2. The molecule has 0 unspecified atom stereocenters. The van der Waals surface area contributed by atoms with Crippen molar-refractivity contribution < 1.29 is 9.53 Å². The first-order valence-corrected chi connectivity index (χ1v) is 10.1. The van der Waals surface area contributed by atoms with Crippen molar-refractivity contribution in [3.63, 3.8) is 0 Å². The van der Waals surface area contributed by atoms with Crippen molar-refractivity contribution in [2.45, 2.75) is 25.9 Å². The number of benzene rings is 2. The number of nitrogens with zero attached hydrogens (tertiary/aromatic N) is 2. The lowest BCUT2D eigenvalue weighted by Gasteiger charge is -2.15. The van der Waals surface area contributed by atoms with Crippen LogP contribution in [0.25, 0.3) is 0 Å². The molecule has 1 aromatic heterocycles. The van der Waals surface area contributed by atoms with Crippen LogP contribution >= 0.6 is 0 Å². The van der Waals surface area contributed by atoms with Crippen LogP contribution in [0.2, 0.25) is 0 Å². The molecule has 2 heterocycles. The van der Waals surface area contributed by atoms with Gasteiger partial charge in [-0.25, -0.2) is 0 Å². The summed E-state index contributed by atoms with van der Waals surface area (Å²) in [5.74, 6) is 0.734. The maximum absolute atomic E-state index is 12.8. The largest absolute Gasteiger partial charge is 0.492 e. The average Bonchev–Trinajstić information content (AvgIpc) is 3.14. The predicted octanol–water partition coefficient (Wildman–Crippen LogP) is 2.58. The standard InChI is InChI=1S/C23H26N4O2/c28-23(25-14-11-18-7-3-1-4-8-18)22-20-17-24-13-12-21(20)27(26-22)15-16-29-19-9-5-2-6-10-19/h1-10,24H,11-17H2,(H,25,28). The second-order valence-corrected chi connectivity index (χ2v) is 7.08. The summed E-state index contributed by atoms with van der Waals surface area (Å²) in [5, 5.41) is 11.0. The Morgan fingerprint density at radius 3 is 2.66 bits per heavy atom. The second kappa shape index (κ2) is 9.39. The minimum absolute atomic E-state index is 0.108. The quantitative estimate of drug-likeness (QED) is 0.620. The molecule has 4 rings (SSSR count). The van der Waals surface area contributed by atoms with Gasteiger partial charge in [0, 0.05) is 37.3 Å². The Kier molecular flexibility index (Phi) is 6.22. The Morgan fingerprint density at radius 2 is 1.86 bits per heavy atom.